The number of rotatable bonds is 11. The molecule has 124 valence electrons. The minimum absolute atomic E-state index is 0.0692. The summed E-state index contributed by atoms with van der Waals surface area (Å²) < 4.78 is 14.2. The van der Waals surface area contributed by atoms with Crippen LogP contribution in [0.3, 0.4) is 0 Å². The zero-order chi connectivity index (χ0) is 17.0. The molecule has 0 N–H and O–H groups in total. The number of hydrogen-bond donors (Lipinski definition) is 0. The van der Waals surface area contributed by atoms with Crippen molar-refractivity contribution in [1.82, 2.24) is 0 Å². The lowest BCUT2D eigenvalue weighted by Gasteiger charge is -2.07. The van der Waals surface area contributed by atoms with Gasteiger partial charge in [-0.3, -0.25) is 9.59 Å². The van der Waals surface area contributed by atoms with E-state index < -0.39 is 11.9 Å². The zero-order valence-electron chi connectivity index (χ0n) is 13.3. The quantitative estimate of drug-likeness (QED) is 0.191. The van der Waals surface area contributed by atoms with Crippen LogP contribution in [0.5, 0.6) is 0 Å². The van der Waals surface area contributed by atoms with Crippen molar-refractivity contribution in [1.29, 1.82) is 0 Å². The number of ether oxygens (including phenoxy) is 3. The van der Waals surface area contributed by atoms with Gasteiger partial charge in [-0.05, 0) is 26.2 Å². The van der Waals surface area contributed by atoms with Gasteiger partial charge in [0.1, 0.15) is 6.61 Å². The molecule has 0 bridgehead atoms. The third-order valence-electron chi connectivity index (χ3n) is 2.65. The SMILES string of the molecule is C=C(C)CCCC(=O)OCCCC(=O)OCC(=C)C(=O)OC. The fourth-order valence-electron chi connectivity index (χ4n) is 1.45. The highest BCUT2D eigenvalue weighted by Crippen LogP contribution is 2.05. The molecule has 0 aliphatic carbocycles. The second-order valence-corrected chi connectivity index (χ2v) is 4.89. The molecule has 6 heteroatoms. The van der Waals surface area contributed by atoms with Crippen molar-refractivity contribution in [3.8, 4) is 0 Å². The Labute approximate surface area is 131 Å². The van der Waals surface area contributed by atoms with Gasteiger partial charge in [0.2, 0.25) is 0 Å². The molecule has 0 aromatic heterocycles. The van der Waals surface area contributed by atoms with Gasteiger partial charge in [-0.25, -0.2) is 4.79 Å². The Hall–Kier alpha value is -2.11. The average molecular weight is 312 g/mol. The van der Waals surface area contributed by atoms with Crippen LogP contribution in [-0.4, -0.2) is 38.2 Å². The van der Waals surface area contributed by atoms with Crippen LogP contribution in [0.15, 0.2) is 24.3 Å². The molecule has 0 aliphatic rings. The number of carbonyl (C=O) groups excluding carboxylic acids is 3. The highest BCUT2D eigenvalue weighted by atomic mass is 16.5. The molecule has 0 rings (SSSR count). The number of carbonyl (C=O) groups is 3. The van der Waals surface area contributed by atoms with E-state index in [0.717, 1.165) is 12.0 Å². The second-order valence-electron chi connectivity index (χ2n) is 4.89. The van der Waals surface area contributed by atoms with Gasteiger partial charge in [0.05, 0.1) is 19.3 Å². The minimum Gasteiger partial charge on any atom is -0.466 e. The molecule has 0 aromatic rings. The number of methoxy groups -OCH3 is 1. The fraction of sp³-hybridized carbons (Fsp3) is 0.562. The Balaban J connectivity index is 3.64. The van der Waals surface area contributed by atoms with Crippen LogP contribution in [0.2, 0.25) is 0 Å². The molecule has 0 unspecified atom stereocenters. The summed E-state index contributed by atoms with van der Waals surface area (Å²) in [5.41, 5.74) is 1.10. The van der Waals surface area contributed by atoms with Crippen LogP contribution in [0.25, 0.3) is 0 Å². The zero-order valence-corrected chi connectivity index (χ0v) is 13.3. The van der Waals surface area contributed by atoms with E-state index in [9.17, 15) is 14.4 Å². The van der Waals surface area contributed by atoms with Crippen LogP contribution in [0.4, 0.5) is 0 Å². The first kappa shape index (κ1) is 19.9. The van der Waals surface area contributed by atoms with Crippen molar-refractivity contribution >= 4 is 17.9 Å². The Kier molecular flexibility index (Phi) is 10.4. The summed E-state index contributed by atoms with van der Waals surface area (Å²) in [6.07, 6.45) is 2.33. The lowest BCUT2D eigenvalue weighted by Crippen LogP contribution is -2.14. The summed E-state index contributed by atoms with van der Waals surface area (Å²) >= 11 is 0. The largest absolute Gasteiger partial charge is 0.466 e. The summed E-state index contributed by atoms with van der Waals surface area (Å²) in [7, 11) is 1.22. The van der Waals surface area contributed by atoms with Crippen molar-refractivity contribution < 1.29 is 28.6 Å². The molecule has 22 heavy (non-hydrogen) atoms. The Morgan fingerprint density at radius 2 is 1.50 bits per heavy atom. The van der Waals surface area contributed by atoms with E-state index in [0.29, 0.717) is 19.3 Å². The van der Waals surface area contributed by atoms with Crippen molar-refractivity contribution in [3.05, 3.63) is 24.3 Å². The van der Waals surface area contributed by atoms with E-state index in [-0.39, 0.29) is 31.2 Å². The molecule has 0 aliphatic heterocycles. The standard InChI is InChI=1S/C16H24O6/c1-12(2)7-5-8-14(17)21-10-6-9-15(18)22-11-13(3)16(19)20-4/h1,3,5-11H2,2,4H3. The maximum absolute atomic E-state index is 11.4. The van der Waals surface area contributed by atoms with Crippen LogP contribution >= 0.6 is 0 Å². The second kappa shape index (κ2) is 11.5. The van der Waals surface area contributed by atoms with Gasteiger partial charge >= 0.3 is 17.9 Å². The summed E-state index contributed by atoms with van der Waals surface area (Å²) in [5, 5.41) is 0. The smallest absolute Gasteiger partial charge is 0.336 e. The lowest BCUT2D eigenvalue weighted by atomic mass is 10.1. The van der Waals surface area contributed by atoms with E-state index in [1.165, 1.54) is 7.11 Å². The summed E-state index contributed by atoms with van der Waals surface area (Å²) in [6, 6.07) is 0. The molecule has 0 atom stereocenters. The average Bonchev–Trinajstić information content (AvgIpc) is 2.47. The maximum atomic E-state index is 11.4. The number of allylic oxidation sites excluding steroid dienone is 1. The van der Waals surface area contributed by atoms with Crippen LogP contribution in [0, 0.1) is 0 Å². The molecule has 0 saturated carbocycles. The van der Waals surface area contributed by atoms with Crippen molar-refractivity contribution in [2.24, 2.45) is 0 Å². The van der Waals surface area contributed by atoms with E-state index in [4.69, 9.17) is 9.47 Å². The lowest BCUT2D eigenvalue weighted by molar-refractivity contribution is -0.148. The molecular weight excluding hydrogens is 288 g/mol. The molecule has 0 heterocycles. The number of hydrogen-bond acceptors (Lipinski definition) is 6. The van der Waals surface area contributed by atoms with E-state index in [1.807, 2.05) is 6.92 Å². The minimum atomic E-state index is -0.614. The third-order valence-corrected chi connectivity index (χ3v) is 2.65. The van der Waals surface area contributed by atoms with E-state index in [1.54, 1.807) is 0 Å². The normalized spacial score (nSPS) is 9.73. The van der Waals surface area contributed by atoms with Gasteiger partial charge in [0, 0.05) is 12.8 Å². The molecular formula is C16H24O6. The van der Waals surface area contributed by atoms with E-state index in [2.05, 4.69) is 17.9 Å². The monoisotopic (exact) mass is 312 g/mol. The van der Waals surface area contributed by atoms with Gasteiger partial charge in [-0.1, -0.05) is 12.2 Å². The van der Waals surface area contributed by atoms with Gasteiger partial charge in [0.25, 0.3) is 0 Å². The Morgan fingerprint density at radius 3 is 2.09 bits per heavy atom. The summed E-state index contributed by atoms with van der Waals surface area (Å²) in [5.74, 6) is -1.38. The highest BCUT2D eigenvalue weighted by molar-refractivity contribution is 5.88. The van der Waals surface area contributed by atoms with Gasteiger partial charge in [-0.15, -0.1) is 6.58 Å². The maximum Gasteiger partial charge on any atom is 0.336 e. The van der Waals surface area contributed by atoms with Gasteiger partial charge < -0.3 is 14.2 Å². The molecule has 0 spiro atoms. The van der Waals surface area contributed by atoms with Crippen LogP contribution in [0.1, 0.15) is 39.0 Å². The van der Waals surface area contributed by atoms with Gasteiger partial charge in [0.15, 0.2) is 0 Å². The molecule has 0 amide bonds. The van der Waals surface area contributed by atoms with Crippen molar-refractivity contribution in [2.45, 2.75) is 39.0 Å². The van der Waals surface area contributed by atoms with Crippen LogP contribution in [-0.2, 0) is 28.6 Å². The summed E-state index contributed by atoms with van der Waals surface area (Å²) in [4.78, 5) is 33.8. The van der Waals surface area contributed by atoms with Crippen LogP contribution < -0.4 is 0 Å². The molecule has 0 fully saturated rings. The predicted octanol–water partition coefficient (Wildman–Crippen LogP) is 2.33. The topological polar surface area (TPSA) is 78.9 Å². The summed E-state index contributed by atoms with van der Waals surface area (Å²) in [6.45, 7) is 9.06. The third kappa shape index (κ3) is 10.7. The molecule has 6 nitrogen and oxygen atoms in total. The van der Waals surface area contributed by atoms with Gasteiger partial charge in [-0.2, -0.15) is 0 Å². The van der Waals surface area contributed by atoms with Crippen molar-refractivity contribution in [2.75, 3.05) is 20.3 Å². The Morgan fingerprint density at radius 1 is 0.909 bits per heavy atom. The first-order chi connectivity index (χ1) is 10.4. The van der Waals surface area contributed by atoms with Crippen molar-refractivity contribution in [3.63, 3.8) is 0 Å². The first-order valence-corrected chi connectivity index (χ1v) is 7.08. The molecule has 0 radical (unpaired) electrons. The number of esters is 3. The highest BCUT2D eigenvalue weighted by Gasteiger charge is 2.10. The van der Waals surface area contributed by atoms with E-state index >= 15 is 0 Å². The predicted molar refractivity (Wildman–Crippen MR) is 81.0 cm³/mol. The fourth-order valence-corrected chi connectivity index (χ4v) is 1.45. The molecule has 0 saturated heterocycles. The molecule has 0 aromatic carbocycles. The first-order valence-electron chi connectivity index (χ1n) is 7.08. The Bertz CT molecular complexity index is 424.